The summed E-state index contributed by atoms with van der Waals surface area (Å²) in [5.41, 5.74) is 2.12. The monoisotopic (exact) mass is 435 g/mol. The number of carbonyl (C=O) groups is 1. The van der Waals surface area contributed by atoms with Crippen molar-refractivity contribution in [3.05, 3.63) is 53.7 Å². The topological polar surface area (TPSA) is 113 Å². The Kier molecular flexibility index (Phi) is 8.01. The smallest absolute Gasteiger partial charge is 0.235 e. The Labute approximate surface area is 177 Å². The number of likely N-dealkylation sites (tertiary alicyclic amines) is 1. The van der Waals surface area contributed by atoms with E-state index in [1.807, 2.05) is 6.07 Å². The predicted octanol–water partition coefficient (Wildman–Crippen LogP) is 1.30. The molecule has 0 spiro atoms. The molecule has 1 aliphatic heterocycles. The van der Waals surface area contributed by atoms with E-state index in [-0.39, 0.29) is 12.3 Å². The van der Waals surface area contributed by atoms with Crippen LogP contribution in [0.2, 0.25) is 0 Å². The van der Waals surface area contributed by atoms with Crippen molar-refractivity contribution in [2.45, 2.75) is 44.1 Å². The third-order valence-corrected chi connectivity index (χ3v) is 6.47. The van der Waals surface area contributed by atoms with Crippen molar-refractivity contribution in [3.8, 4) is 0 Å². The molecule has 1 unspecified atom stereocenters. The number of aryl methyl sites for hydroxylation is 1. The first-order valence-corrected chi connectivity index (χ1v) is 12.1. The molecular weight excluding hydrogens is 406 g/mol. The molecule has 2 N–H and O–H groups in total. The van der Waals surface area contributed by atoms with Gasteiger partial charge in [-0.1, -0.05) is 0 Å². The molecule has 30 heavy (non-hydrogen) atoms. The van der Waals surface area contributed by atoms with Crippen LogP contribution in [-0.4, -0.2) is 60.8 Å². The second-order valence-corrected chi connectivity index (χ2v) is 9.81. The molecule has 0 aliphatic carbocycles. The molecule has 2 aromatic heterocycles. The summed E-state index contributed by atoms with van der Waals surface area (Å²) in [6, 6.07) is 7.22. The van der Waals surface area contributed by atoms with Gasteiger partial charge in [0.05, 0.1) is 12.4 Å². The van der Waals surface area contributed by atoms with Gasteiger partial charge in [0.15, 0.2) is 9.84 Å². The normalized spacial score (nSPS) is 15.9. The zero-order valence-electron chi connectivity index (χ0n) is 17.0. The SMILES string of the molecule is O=C(CS(=O)(=O)Cc1ccco1)NCC(O)CCc1cc(CN2CCCC2)ccn1. The Morgan fingerprint density at radius 2 is 2.10 bits per heavy atom. The van der Waals surface area contributed by atoms with Crippen LogP contribution in [-0.2, 0) is 33.4 Å². The highest BCUT2D eigenvalue weighted by Gasteiger charge is 2.19. The molecule has 9 heteroatoms. The van der Waals surface area contributed by atoms with Crippen LogP contribution in [0, 0.1) is 0 Å². The van der Waals surface area contributed by atoms with Gasteiger partial charge < -0.3 is 14.8 Å². The predicted molar refractivity (Wildman–Crippen MR) is 112 cm³/mol. The third-order valence-electron chi connectivity index (χ3n) is 5.05. The van der Waals surface area contributed by atoms with Gasteiger partial charge in [-0.3, -0.25) is 14.7 Å². The van der Waals surface area contributed by atoms with E-state index in [1.54, 1.807) is 18.3 Å². The minimum absolute atomic E-state index is 0.00255. The highest BCUT2D eigenvalue weighted by molar-refractivity contribution is 7.91. The van der Waals surface area contributed by atoms with Crippen LogP contribution in [0.1, 0.15) is 36.3 Å². The number of aliphatic hydroxyl groups excluding tert-OH is 1. The molecule has 1 aliphatic rings. The maximum atomic E-state index is 12.0. The summed E-state index contributed by atoms with van der Waals surface area (Å²) in [4.78, 5) is 18.7. The minimum Gasteiger partial charge on any atom is -0.468 e. The zero-order chi connectivity index (χ0) is 21.4. The molecule has 3 heterocycles. The Morgan fingerprint density at radius 3 is 2.83 bits per heavy atom. The molecule has 2 aromatic rings. The number of hydrogen-bond donors (Lipinski definition) is 2. The van der Waals surface area contributed by atoms with E-state index in [9.17, 15) is 18.3 Å². The summed E-state index contributed by atoms with van der Waals surface area (Å²) in [7, 11) is -3.62. The molecule has 3 rings (SSSR count). The Hall–Kier alpha value is -2.23. The number of amides is 1. The lowest BCUT2D eigenvalue weighted by Gasteiger charge is -2.15. The van der Waals surface area contributed by atoms with Gasteiger partial charge in [-0.2, -0.15) is 0 Å². The first-order valence-electron chi connectivity index (χ1n) is 10.2. The van der Waals surface area contributed by atoms with Crippen LogP contribution in [0.25, 0.3) is 0 Å². The minimum atomic E-state index is -3.62. The number of aromatic nitrogens is 1. The number of carbonyl (C=O) groups excluding carboxylic acids is 1. The molecule has 8 nitrogen and oxygen atoms in total. The number of aliphatic hydroxyl groups is 1. The fourth-order valence-corrected chi connectivity index (χ4v) is 4.72. The lowest BCUT2D eigenvalue weighted by molar-refractivity contribution is -0.119. The zero-order valence-corrected chi connectivity index (χ0v) is 17.8. The molecule has 1 atom stereocenters. The average Bonchev–Trinajstić information content (AvgIpc) is 3.38. The average molecular weight is 436 g/mol. The molecule has 164 valence electrons. The van der Waals surface area contributed by atoms with Crippen LogP contribution in [0.15, 0.2) is 41.1 Å². The lowest BCUT2D eigenvalue weighted by Crippen LogP contribution is -2.36. The van der Waals surface area contributed by atoms with Crippen molar-refractivity contribution >= 4 is 15.7 Å². The number of sulfone groups is 1. The molecular formula is C21H29N3O5S. The van der Waals surface area contributed by atoms with E-state index in [0.29, 0.717) is 18.6 Å². The summed E-state index contributed by atoms with van der Waals surface area (Å²) in [5, 5.41) is 12.6. The molecule has 0 radical (unpaired) electrons. The fraction of sp³-hybridized carbons (Fsp3) is 0.524. The fourth-order valence-electron chi connectivity index (χ4n) is 3.52. The lowest BCUT2D eigenvalue weighted by atomic mass is 10.1. The van der Waals surface area contributed by atoms with Crippen molar-refractivity contribution in [2.24, 2.45) is 0 Å². The van der Waals surface area contributed by atoms with Gasteiger partial charge >= 0.3 is 0 Å². The molecule has 0 saturated carbocycles. The van der Waals surface area contributed by atoms with Gasteiger partial charge in [0.25, 0.3) is 0 Å². The number of hydrogen-bond acceptors (Lipinski definition) is 7. The van der Waals surface area contributed by atoms with E-state index in [0.717, 1.165) is 25.3 Å². The summed E-state index contributed by atoms with van der Waals surface area (Å²) in [6.45, 7) is 3.18. The number of nitrogens with zero attached hydrogens (tertiary/aromatic N) is 2. The maximum absolute atomic E-state index is 12.0. The molecule has 1 fully saturated rings. The Bertz CT molecular complexity index is 908. The van der Waals surface area contributed by atoms with Crippen molar-refractivity contribution in [1.29, 1.82) is 0 Å². The van der Waals surface area contributed by atoms with Gasteiger partial charge in [0.2, 0.25) is 5.91 Å². The number of nitrogens with one attached hydrogen (secondary N) is 1. The largest absolute Gasteiger partial charge is 0.468 e. The number of furan rings is 1. The van der Waals surface area contributed by atoms with Crippen molar-refractivity contribution < 1.29 is 22.7 Å². The van der Waals surface area contributed by atoms with Crippen molar-refractivity contribution in [3.63, 3.8) is 0 Å². The molecule has 0 aromatic carbocycles. The van der Waals surface area contributed by atoms with Gasteiger partial charge in [-0.05, 0) is 68.6 Å². The second kappa shape index (κ2) is 10.7. The first-order chi connectivity index (χ1) is 14.4. The molecule has 1 saturated heterocycles. The van der Waals surface area contributed by atoms with Crippen molar-refractivity contribution in [2.75, 3.05) is 25.4 Å². The van der Waals surface area contributed by atoms with Crippen LogP contribution in [0.4, 0.5) is 0 Å². The van der Waals surface area contributed by atoms with Crippen molar-refractivity contribution in [1.82, 2.24) is 15.2 Å². The Morgan fingerprint density at radius 1 is 1.30 bits per heavy atom. The van der Waals surface area contributed by atoms with Gasteiger partial charge in [0, 0.05) is 25.0 Å². The summed E-state index contributed by atoms with van der Waals surface area (Å²) >= 11 is 0. The Balaban J connectivity index is 1.38. The number of pyridine rings is 1. The summed E-state index contributed by atoms with van der Waals surface area (Å²) in [6.07, 6.45) is 5.92. The van der Waals surface area contributed by atoms with E-state index in [1.165, 1.54) is 24.7 Å². The summed E-state index contributed by atoms with van der Waals surface area (Å²) < 4.78 is 29.1. The van der Waals surface area contributed by atoms with E-state index in [4.69, 9.17) is 4.42 Å². The van der Waals surface area contributed by atoms with E-state index in [2.05, 4.69) is 21.3 Å². The molecule has 1 amide bonds. The maximum Gasteiger partial charge on any atom is 0.235 e. The van der Waals surface area contributed by atoms with Gasteiger partial charge in [0.1, 0.15) is 17.3 Å². The second-order valence-electron chi connectivity index (χ2n) is 7.75. The third kappa shape index (κ3) is 7.55. The van der Waals surface area contributed by atoms with Crippen LogP contribution < -0.4 is 5.32 Å². The van der Waals surface area contributed by atoms with Crippen LogP contribution in [0.5, 0.6) is 0 Å². The highest BCUT2D eigenvalue weighted by Crippen LogP contribution is 2.14. The standard InChI is InChI=1S/C21H29N3O5S/c25-19(13-23-21(26)16-30(27,28)15-20-4-3-11-29-20)6-5-18-12-17(7-8-22-18)14-24-9-1-2-10-24/h3-4,7-8,11-12,19,25H,1-2,5-6,9-10,13-16H2,(H,23,26). The molecule has 0 bridgehead atoms. The van der Waals surface area contributed by atoms with E-state index >= 15 is 0 Å². The van der Waals surface area contributed by atoms with Crippen LogP contribution >= 0.6 is 0 Å². The number of rotatable bonds is 11. The van der Waals surface area contributed by atoms with E-state index < -0.39 is 27.6 Å². The quantitative estimate of drug-likeness (QED) is 0.547. The van der Waals surface area contributed by atoms with Gasteiger partial charge in [-0.25, -0.2) is 8.42 Å². The van der Waals surface area contributed by atoms with Gasteiger partial charge in [-0.15, -0.1) is 0 Å². The highest BCUT2D eigenvalue weighted by atomic mass is 32.2. The first kappa shape index (κ1) is 22.5. The summed E-state index contributed by atoms with van der Waals surface area (Å²) in [5.74, 6) is -1.30. The van der Waals surface area contributed by atoms with Crippen LogP contribution in [0.3, 0.4) is 0 Å².